The molecule has 2 aromatic rings. The van der Waals surface area contributed by atoms with Gasteiger partial charge in [-0.3, -0.25) is 4.90 Å². The maximum Gasteiger partial charge on any atom is 0.152 e. The number of fused-ring (bicyclic) bond motifs is 1. The standard InChI is InChI=1S/C16H19N5/c17-14-6-18-10-19-16(14)20-15-12-8-21(9-13(12)15)7-11-4-2-1-3-5-11/h1-6,10,12-13,15H,7-9,17H2,(H,18,19,20). The molecule has 1 aromatic carbocycles. The summed E-state index contributed by atoms with van der Waals surface area (Å²) in [6, 6.07) is 11.2. The molecule has 1 aliphatic heterocycles. The van der Waals surface area contributed by atoms with E-state index in [0.717, 1.165) is 37.3 Å². The van der Waals surface area contributed by atoms with E-state index in [1.165, 1.54) is 5.56 Å². The Bertz CT molecular complexity index is 618. The van der Waals surface area contributed by atoms with Gasteiger partial charge < -0.3 is 11.1 Å². The zero-order chi connectivity index (χ0) is 14.2. The quantitative estimate of drug-likeness (QED) is 0.891. The van der Waals surface area contributed by atoms with Crippen molar-refractivity contribution in [2.24, 2.45) is 11.8 Å². The van der Waals surface area contributed by atoms with Crippen LogP contribution in [-0.2, 0) is 6.54 Å². The average Bonchev–Trinajstić information content (AvgIpc) is 2.94. The van der Waals surface area contributed by atoms with Gasteiger partial charge in [-0.25, -0.2) is 9.97 Å². The first kappa shape index (κ1) is 12.6. The molecule has 3 N–H and O–H groups in total. The zero-order valence-corrected chi connectivity index (χ0v) is 11.8. The van der Waals surface area contributed by atoms with E-state index in [1.807, 2.05) is 0 Å². The van der Waals surface area contributed by atoms with Gasteiger partial charge in [0.2, 0.25) is 0 Å². The van der Waals surface area contributed by atoms with Crippen LogP contribution in [0.4, 0.5) is 11.5 Å². The summed E-state index contributed by atoms with van der Waals surface area (Å²) in [6.07, 6.45) is 3.19. The van der Waals surface area contributed by atoms with Gasteiger partial charge in [-0.05, 0) is 17.4 Å². The average molecular weight is 281 g/mol. The van der Waals surface area contributed by atoms with Gasteiger partial charge in [0.25, 0.3) is 0 Å². The van der Waals surface area contributed by atoms with E-state index in [9.17, 15) is 0 Å². The number of piperidine rings is 1. The largest absolute Gasteiger partial charge is 0.394 e. The minimum atomic E-state index is 0.522. The zero-order valence-electron chi connectivity index (χ0n) is 11.8. The van der Waals surface area contributed by atoms with Crippen LogP contribution < -0.4 is 11.1 Å². The Balaban J connectivity index is 1.33. The third-order valence-corrected chi connectivity index (χ3v) is 4.56. The fraction of sp³-hybridized carbons (Fsp3) is 0.375. The Morgan fingerprint density at radius 1 is 1.19 bits per heavy atom. The maximum atomic E-state index is 5.88. The minimum absolute atomic E-state index is 0.522. The van der Waals surface area contributed by atoms with Gasteiger partial charge in [-0.1, -0.05) is 30.3 Å². The lowest BCUT2D eigenvalue weighted by molar-refractivity contribution is 0.292. The summed E-state index contributed by atoms with van der Waals surface area (Å²) in [5.41, 5.74) is 7.90. The highest BCUT2D eigenvalue weighted by molar-refractivity contribution is 5.60. The lowest BCUT2D eigenvalue weighted by Gasteiger charge is -2.20. The molecular weight excluding hydrogens is 262 g/mol. The third kappa shape index (κ3) is 2.45. The number of nitrogen functional groups attached to an aromatic ring is 1. The molecule has 2 fully saturated rings. The van der Waals surface area contributed by atoms with Crippen molar-refractivity contribution in [1.82, 2.24) is 14.9 Å². The lowest BCUT2D eigenvalue weighted by atomic mass is 10.2. The predicted molar refractivity (Wildman–Crippen MR) is 82.6 cm³/mol. The second-order valence-corrected chi connectivity index (χ2v) is 6.00. The molecule has 2 heterocycles. The monoisotopic (exact) mass is 281 g/mol. The van der Waals surface area contributed by atoms with E-state index >= 15 is 0 Å². The normalized spacial score (nSPS) is 27.3. The first-order valence-electron chi connectivity index (χ1n) is 7.39. The number of nitrogens with zero attached hydrogens (tertiary/aromatic N) is 3. The second-order valence-electron chi connectivity index (χ2n) is 6.00. The van der Waals surface area contributed by atoms with Crippen LogP contribution in [0.1, 0.15) is 5.56 Å². The number of rotatable bonds is 4. The first-order chi connectivity index (χ1) is 10.3. The van der Waals surface area contributed by atoms with E-state index in [1.54, 1.807) is 12.5 Å². The van der Waals surface area contributed by atoms with Crippen LogP contribution in [0.3, 0.4) is 0 Å². The molecule has 0 radical (unpaired) electrons. The summed E-state index contributed by atoms with van der Waals surface area (Å²) in [5.74, 6) is 2.23. The number of aromatic nitrogens is 2. The Labute approximate surface area is 124 Å². The Morgan fingerprint density at radius 3 is 2.67 bits per heavy atom. The molecule has 108 valence electrons. The van der Waals surface area contributed by atoms with Crippen molar-refractivity contribution >= 4 is 11.5 Å². The molecule has 1 saturated carbocycles. The van der Waals surface area contributed by atoms with E-state index in [2.05, 4.69) is 50.5 Å². The smallest absolute Gasteiger partial charge is 0.152 e. The molecule has 5 nitrogen and oxygen atoms in total. The van der Waals surface area contributed by atoms with Crippen LogP contribution in [-0.4, -0.2) is 34.0 Å². The number of hydrogen-bond donors (Lipinski definition) is 2. The molecule has 1 saturated heterocycles. The SMILES string of the molecule is Nc1cncnc1NC1C2CN(Cc3ccccc3)CC21. The van der Waals surface area contributed by atoms with Crippen molar-refractivity contribution < 1.29 is 0 Å². The highest BCUT2D eigenvalue weighted by atomic mass is 15.2. The van der Waals surface area contributed by atoms with Gasteiger partial charge >= 0.3 is 0 Å². The Kier molecular flexibility index (Phi) is 3.00. The van der Waals surface area contributed by atoms with E-state index in [-0.39, 0.29) is 0 Å². The van der Waals surface area contributed by atoms with Crippen LogP contribution in [0, 0.1) is 11.8 Å². The summed E-state index contributed by atoms with van der Waals surface area (Å²) in [4.78, 5) is 10.7. The lowest BCUT2D eigenvalue weighted by Crippen LogP contribution is -2.27. The number of hydrogen-bond acceptors (Lipinski definition) is 5. The second kappa shape index (κ2) is 5.00. The molecule has 5 heteroatoms. The molecule has 2 unspecified atom stereocenters. The van der Waals surface area contributed by atoms with Crippen LogP contribution in [0.2, 0.25) is 0 Å². The summed E-state index contributed by atoms with van der Waals surface area (Å²) < 4.78 is 0. The van der Waals surface area contributed by atoms with Crippen molar-refractivity contribution in [2.45, 2.75) is 12.6 Å². The van der Waals surface area contributed by atoms with Crippen molar-refractivity contribution in [3.8, 4) is 0 Å². The number of anilines is 2. The Morgan fingerprint density at radius 2 is 1.95 bits per heavy atom. The van der Waals surface area contributed by atoms with E-state index in [4.69, 9.17) is 5.73 Å². The van der Waals surface area contributed by atoms with Crippen molar-refractivity contribution in [3.63, 3.8) is 0 Å². The van der Waals surface area contributed by atoms with Gasteiger partial charge in [-0.15, -0.1) is 0 Å². The topological polar surface area (TPSA) is 67.1 Å². The van der Waals surface area contributed by atoms with E-state index < -0.39 is 0 Å². The maximum absolute atomic E-state index is 5.88. The van der Waals surface area contributed by atoms with Crippen LogP contribution in [0.25, 0.3) is 0 Å². The molecule has 2 atom stereocenters. The number of benzene rings is 1. The van der Waals surface area contributed by atoms with E-state index in [0.29, 0.717) is 11.7 Å². The minimum Gasteiger partial charge on any atom is -0.394 e. The van der Waals surface area contributed by atoms with Gasteiger partial charge in [0.05, 0.1) is 11.9 Å². The highest BCUT2D eigenvalue weighted by Gasteiger charge is 2.55. The van der Waals surface area contributed by atoms with Crippen LogP contribution >= 0.6 is 0 Å². The molecule has 0 amide bonds. The molecule has 0 spiro atoms. The third-order valence-electron chi connectivity index (χ3n) is 4.56. The summed E-state index contributed by atoms with van der Waals surface area (Å²) in [5, 5.41) is 3.47. The van der Waals surface area contributed by atoms with Gasteiger partial charge in [-0.2, -0.15) is 0 Å². The van der Waals surface area contributed by atoms with Gasteiger partial charge in [0.1, 0.15) is 6.33 Å². The fourth-order valence-electron chi connectivity index (χ4n) is 3.42. The first-order valence-corrected chi connectivity index (χ1v) is 7.39. The number of nitrogens with one attached hydrogen (secondary N) is 1. The number of likely N-dealkylation sites (tertiary alicyclic amines) is 1. The summed E-state index contributed by atoms with van der Waals surface area (Å²) in [6.45, 7) is 3.36. The van der Waals surface area contributed by atoms with Gasteiger partial charge in [0, 0.05) is 25.7 Å². The molecule has 4 rings (SSSR count). The summed E-state index contributed by atoms with van der Waals surface area (Å²) >= 11 is 0. The van der Waals surface area contributed by atoms with Crippen molar-refractivity contribution in [3.05, 3.63) is 48.4 Å². The number of nitrogens with two attached hydrogens (primary N) is 1. The highest BCUT2D eigenvalue weighted by Crippen LogP contribution is 2.47. The Hall–Kier alpha value is -2.14. The fourth-order valence-corrected chi connectivity index (χ4v) is 3.42. The molecular formula is C16H19N5. The van der Waals surface area contributed by atoms with Gasteiger partial charge in [0.15, 0.2) is 5.82 Å². The predicted octanol–water partition coefficient (Wildman–Crippen LogP) is 1.60. The molecule has 21 heavy (non-hydrogen) atoms. The van der Waals surface area contributed by atoms with Crippen LogP contribution in [0.5, 0.6) is 0 Å². The van der Waals surface area contributed by atoms with Crippen molar-refractivity contribution in [2.75, 3.05) is 24.1 Å². The summed E-state index contributed by atoms with van der Waals surface area (Å²) in [7, 11) is 0. The molecule has 0 bridgehead atoms. The van der Waals surface area contributed by atoms with Crippen LogP contribution in [0.15, 0.2) is 42.9 Å². The molecule has 1 aliphatic carbocycles. The van der Waals surface area contributed by atoms with Crippen molar-refractivity contribution in [1.29, 1.82) is 0 Å². The molecule has 2 aliphatic rings. The molecule has 1 aromatic heterocycles.